The van der Waals surface area contributed by atoms with Gasteiger partial charge in [0.15, 0.2) is 0 Å². The molecule has 0 radical (unpaired) electrons. The summed E-state index contributed by atoms with van der Waals surface area (Å²) in [5, 5.41) is 8.87. The van der Waals surface area contributed by atoms with Crippen LogP contribution in [0.25, 0.3) is 0 Å². The molecule has 0 aromatic heterocycles. The van der Waals surface area contributed by atoms with E-state index in [0.29, 0.717) is 5.56 Å². The highest BCUT2D eigenvalue weighted by Crippen LogP contribution is 2.25. The summed E-state index contributed by atoms with van der Waals surface area (Å²) in [5.74, 6) is 0. The minimum Gasteiger partial charge on any atom is -0.372 e. The molecule has 0 aliphatic carbocycles. The molecule has 0 N–H and O–H groups in total. The van der Waals surface area contributed by atoms with Crippen LogP contribution in [0.2, 0.25) is 0 Å². The SMILES string of the molecule is N#Cc1ccc(N2CCCCCC2)cc1Br. The molecule has 0 spiro atoms. The summed E-state index contributed by atoms with van der Waals surface area (Å²) in [4.78, 5) is 2.42. The van der Waals surface area contributed by atoms with Crippen LogP contribution in [0.15, 0.2) is 22.7 Å². The lowest BCUT2D eigenvalue weighted by Gasteiger charge is -2.22. The maximum absolute atomic E-state index is 8.87. The summed E-state index contributed by atoms with van der Waals surface area (Å²) < 4.78 is 0.900. The normalized spacial score (nSPS) is 16.6. The van der Waals surface area contributed by atoms with Gasteiger partial charge in [-0.2, -0.15) is 5.26 Å². The minimum atomic E-state index is 0.707. The molecule has 1 aliphatic heterocycles. The molecule has 2 nitrogen and oxygen atoms in total. The van der Waals surface area contributed by atoms with Gasteiger partial charge in [-0.3, -0.25) is 0 Å². The summed E-state index contributed by atoms with van der Waals surface area (Å²) in [5.41, 5.74) is 1.94. The summed E-state index contributed by atoms with van der Waals surface area (Å²) in [6, 6.07) is 8.18. The van der Waals surface area contributed by atoms with Crippen molar-refractivity contribution >= 4 is 21.6 Å². The first-order valence-electron chi connectivity index (χ1n) is 5.76. The lowest BCUT2D eigenvalue weighted by Crippen LogP contribution is -2.23. The predicted molar refractivity (Wildman–Crippen MR) is 69.5 cm³/mol. The summed E-state index contributed by atoms with van der Waals surface area (Å²) in [6.07, 6.45) is 5.23. The van der Waals surface area contributed by atoms with Gasteiger partial charge in [-0.05, 0) is 47.0 Å². The molecule has 1 heterocycles. The van der Waals surface area contributed by atoms with Crippen LogP contribution in [-0.2, 0) is 0 Å². The third-order valence-corrected chi connectivity index (χ3v) is 3.70. The van der Waals surface area contributed by atoms with Crippen molar-refractivity contribution in [1.82, 2.24) is 0 Å². The number of anilines is 1. The first-order chi connectivity index (χ1) is 7.81. The van der Waals surface area contributed by atoms with E-state index in [4.69, 9.17) is 5.26 Å². The molecule has 84 valence electrons. The Morgan fingerprint density at radius 3 is 2.38 bits per heavy atom. The van der Waals surface area contributed by atoms with E-state index >= 15 is 0 Å². The van der Waals surface area contributed by atoms with Gasteiger partial charge in [0, 0.05) is 23.2 Å². The molecule has 0 unspecified atom stereocenters. The molecule has 1 aromatic rings. The molecule has 0 atom stereocenters. The van der Waals surface area contributed by atoms with Crippen molar-refractivity contribution in [2.45, 2.75) is 25.7 Å². The Balaban J connectivity index is 2.20. The van der Waals surface area contributed by atoms with Gasteiger partial charge in [0.25, 0.3) is 0 Å². The molecule has 16 heavy (non-hydrogen) atoms. The highest BCUT2D eigenvalue weighted by Gasteiger charge is 2.11. The van der Waals surface area contributed by atoms with E-state index in [1.165, 1.54) is 31.4 Å². The average molecular weight is 279 g/mol. The Labute approximate surface area is 105 Å². The Hall–Kier alpha value is -1.01. The zero-order chi connectivity index (χ0) is 11.4. The maximum Gasteiger partial charge on any atom is 0.100 e. The lowest BCUT2D eigenvalue weighted by atomic mass is 10.2. The summed E-state index contributed by atoms with van der Waals surface area (Å²) in [6.45, 7) is 2.27. The smallest absolute Gasteiger partial charge is 0.100 e. The van der Waals surface area contributed by atoms with Gasteiger partial charge in [0.05, 0.1) is 5.56 Å². The van der Waals surface area contributed by atoms with Crippen LogP contribution in [-0.4, -0.2) is 13.1 Å². The number of rotatable bonds is 1. The number of hydrogen-bond donors (Lipinski definition) is 0. The molecule has 0 saturated carbocycles. The van der Waals surface area contributed by atoms with Gasteiger partial charge < -0.3 is 4.90 Å². The Kier molecular flexibility index (Phi) is 3.84. The van der Waals surface area contributed by atoms with E-state index in [9.17, 15) is 0 Å². The third kappa shape index (κ3) is 2.56. The van der Waals surface area contributed by atoms with Gasteiger partial charge in [-0.25, -0.2) is 0 Å². The van der Waals surface area contributed by atoms with Crippen LogP contribution in [0, 0.1) is 11.3 Å². The standard InChI is InChI=1S/C13H15BrN2/c14-13-9-12(6-5-11(13)10-15)16-7-3-1-2-4-8-16/h5-6,9H,1-4,7-8H2. The second-order valence-electron chi connectivity index (χ2n) is 4.18. The summed E-state index contributed by atoms with van der Waals surface area (Å²) in [7, 11) is 0. The van der Waals surface area contributed by atoms with E-state index in [1.54, 1.807) is 0 Å². The van der Waals surface area contributed by atoms with Crippen LogP contribution in [0.1, 0.15) is 31.2 Å². The molecule has 1 saturated heterocycles. The average Bonchev–Trinajstić information content (AvgIpc) is 2.57. The second-order valence-corrected chi connectivity index (χ2v) is 5.03. The quantitative estimate of drug-likeness (QED) is 0.783. The topological polar surface area (TPSA) is 27.0 Å². The lowest BCUT2D eigenvalue weighted by molar-refractivity contribution is 0.726. The van der Waals surface area contributed by atoms with E-state index in [-0.39, 0.29) is 0 Å². The van der Waals surface area contributed by atoms with Crippen LogP contribution in [0.4, 0.5) is 5.69 Å². The van der Waals surface area contributed by atoms with Crippen molar-refractivity contribution in [3.63, 3.8) is 0 Å². The number of hydrogen-bond acceptors (Lipinski definition) is 2. The molecule has 1 aromatic carbocycles. The Morgan fingerprint density at radius 1 is 1.12 bits per heavy atom. The van der Waals surface area contributed by atoms with E-state index in [1.807, 2.05) is 6.07 Å². The van der Waals surface area contributed by atoms with Crippen LogP contribution < -0.4 is 4.90 Å². The van der Waals surface area contributed by atoms with Crippen molar-refractivity contribution in [2.24, 2.45) is 0 Å². The minimum absolute atomic E-state index is 0.707. The monoisotopic (exact) mass is 278 g/mol. The Morgan fingerprint density at radius 2 is 1.81 bits per heavy atom. The number of benzene rings is 1. The maximum atomic E-state index is 8.87. The molecule has 1 aliphatic rings. The highest BCUT2D eigenvalue weighted by molar-refractivity contribution is 9.10. The predicted octanol–water partition coefficient (Wildman–Crippen LogP) is 3.70. The van der Waals surface area contributed by atoms with Crippen molar-refractivity contribution in [2.75, 3.05) is 18.0 Å². The fraction of sp³-hybridized carbons (Fsp3) is 0.462. The molecule has 1 fully saturated rings. The second kappa shape index (κ2) is 5.36. The van der Waals surface area contributed by atoms with Crippen molar-refractivity contribution in [3.05, 3.63) is 28.2 Å². The van der Waals surface area contributed by atoms with E-state index in [0.717, 1.165) is 17.6 Å². The number of halogens is 1. The van der Waals surface area contributed by atoms with Gasteiger partial charge >= 0.3 is 0 Å². The first-order valence-corrected chi connectivity index (χ1v) is 6.55. The third-order valence-electron chi connectivity index (χ3n) is 3.04. The largest absolute Gasteiger partial charge is 0.372 e. The number of nitrogens with zero attached hydrogens (tertiary/aromatic N) is 2. The van der Waals surface area contributed by atoms with Crippen molar-refractivity contribution in [3.8, 4) is 6.07 Å². The van der Waals surface area contributed by atoms with Gasteiger partial charge in [-0.15, -0.1) is 0 Å². The zero-order valence-corrected chi connectivity index (χ0v) is 10.8. The molecule has 3 heteroatoms. The fourth-order valence-electron chi connectivity index (χ4n) is 2.12. The molecular formula is C13H15BrN2. The van der Waals surface area contributed by atoms with Gasteiger partial charge in [0.2, 0.25) is 0 Å². The fourth-order valence-corrected chi connectivity index (χ4v) is 2.58. The van der Waals surface area contributed by atoms with Crippen LogP contribution in [0.5, 0.6) is 0 Å². The van der Waals surface area contributed by atoms with Crippen LogP contribution >= 0.6 is 15.9 Å². The van der Waals surface area contributed by atoms with Crippen molar-refractivity contribution < 1.29 is 0 Å². The summed E-state index contributed by atoms with van der Waals surface area (Å²) >= 11 is 3.44. The van der Waals surface area contributed by atoms with Gasteiger partial charge in [-0.1, -0.05) is 12.8 Å². The van der Waals surface area contributed by atoms with Crippen LogP contribution in [0.3, 0.4) is 0 Å². The van der Waals surface area contributed by atoms with Crippen molar-refractivity contribution in [1.29, 1.82) is 5.26 Å². The van der Waals surface area contributed by atoms with Gasteiger partial charge in [0.1, 0.15) is 6.07 Å². The highest BCUT2D eigenvalue weighted by atomic mass is 79.9. The van der Waals surface area contributed by atoms with E-state index < -0.39 is 0 Å². The molecular weight excluding hydrogens is 264 g/mol. The molecule has 0 bridgehead atoms. The molecule has 0 amide bonds. The number of nitriles is 1. The van der Waals surface area contributed by atoms with E-state index in [2.05, 4.69) is 39.0 Å². The molecule has 2 rings (SSSR count). The first kappa shape index (κ1) is 11.5. The zero-order valence-electron chi connectivity index (χ0n) is 9.25. The Bertz CT molecular complexity index is 401.